The Morgan fingerprint density at radius 2 is 2.21 bits per heavy atom. The minimum atomic E-state index is -3.32. The highest BCUT2D eigenvalue weighted by Gasteiger charge is 2.40. The third-order valence-corrected chi connectivity index (χ3v) is 9.07. The molecule has 3 heterocycles. The largest absolute Gasteiger partial charge is 0.481 e. The molecule has 1 aliphatic carbocycles. The van der Waals surface area contributed by atoms with Gasteiger partial charge in [-0.3, -0.25) is 9.79 Å². The molecule has 1 aromatic carbocycles. The van der Waals surface area contributed by atoms with E-state index in [1.807, 2.05) is 28.8 Å². The molecule has 1 aromatic heterocycles. The summed E-state index contributed by atoms with van der Waals surface area (Å²) in [6.07, 6.45) is 2.47. The van der Waals surface area contributed by atoms with Crippen molar-refractivity contribution in [3.05, 3.63) is 30.0 Å². The number of sulfone groups is 1. The van der Waals surface area contributed by atoms with Gasteiger partial charge in [0.25, 0.3) is 0 Å². The SMILES string of the molecule is O=C(O)CC1CSC(c2cc3cccc4c3n2CS(=O)(=O)C2CCCC2N4)=N1. The monoisotopic (exact) mass is 419 g/mol. The molecule has 148 valence electrons. The fourth-order valence-corrected chi connectivity index (χ4v) is 7.74. The molecule has 0 amide bonds. The number of para-hydroxylation sites is 1. The molecule has 2 aliphatic heterocycles. The van der Waals surface area contributed by atoms with Gasteiger partial charge in [0, 0.05) is 17.2 Å². The second-order valence-corrected chi connectivity index (χ2v) is 10.9. The fraction of sp³-hybridized carbons (Fsp3) is 0.474. The number of nitrogens with one attached hydrogen (secondary N) is 1. The summed E-state index contributed by atoms with van der Waals surface area (Å²) in [5.41, 5.74) is 2.61. The third-order valence-electron chi connectivity index (χ3n) is 5.83. The molecule has 0 radical (unpaired) electrons. The number of nitrogens with zero attached hydrogens (tertiary/aromatic N) is 2. The first-order valence-corrected chi connectivity index (χ1v) is 12.2. The fourth-order valence-electron chi connectivity index (χ4n) is 4.61. The van der Waals surface area contributed by atoms with Gasteiger partial charge >= 0.3 is 5.97 Å². The van der Waals surface area contributed by atoms with E-state index in [1.54, 1.807) is 0 Å². The lowest BCUT2D eigenvalue weighted by Gasteiger charge is -2.27. The number of carbonyl (C=O) groups is 1. The molecule has 3 atom stereocenters. The van der Waals surface area contributed by atoms with E-state index in [4.69, 9.17) is 5.11 Å². The highest BCUT2D eigenvalue weighted by atomic mass is 32.2. The third kappa shape index (κ3) is 2.91. The van der Waals surface area contributed by atoms with Gasteiger partial charge in [0.05, 0.1) is 34.6 Å². The van der Waals surface area contributed by atoms with Crippen LogP contribution in [0.1, 0.15) is 31.4 Å². The van der Waals surface area contributed by atoms with Crippen molar-refractivity contribution in [2.45, 2.75) is 48.9 Å². The van der Waals surface area contributed by atoms with Gasteiger partial charge in [0.15, 0.2) is 9.84 Å². The predicted octanol–water partition coefficient (Wildman–Crippen LogP) is 2.70. The van der Waals surface area contributed by atoms with E-state index in [0.29, 0.717) is 12.2 Å². The number of aliphatic imine (C=N–C) groups is 1. The van der Waals surface area contributed by atoms with Crippen LogP contribution in [-0.2, 0) is 20.5 Å². The summed E-state index contributed by atoms with van der Waals surface area (Å²) in [4.78, 5) is 15.6. The Morgan fingerprint density at radius 3 is 3.04 bits per heavy atom. The van der Waals surface area contributed by atoms with E-state index in [1.165, 1.54) is 11.8 Å². The van der Waals surface area contributed by atoms with Crippen molar-refractivity contribution >= 4 is 49.2 Å². The number of hydrogen-bond donors (Lipinski definition) is 2. The lowest BCUT2D eigenvalue weighted by molar-refractivity contribution is -0.137. The van der Waals surface area contributed by atoms with E-state index in [9.17, 15) is 13.2 Å². The van der Waals surface area contributed by atoms with E-state index >= 15 is 0 Å². The van der Waals surface area contributed by atoms with Crippen LogP contribution < -0.4 is 5.32 Å². The van der Waals surface area contributed by atoms with Crippen LogP contribution in [0.2, 0.25) is 0 Å². The standard InChI is InChI=1S/C19H21N3O4S2/c23-17(24)8-12-9-27-19(20-12)15-7-11-3-1-5-14-18(11)22(15)10-28(25,26)16-6-2-4-13(16)21-14/h1,3,5,7,12-13,16,21H,2,4,6,8-10H2,(H,23,24). The molecule has 5 rings (SSSR count). The summed E-state index contributed by atoms with van der Waals surface area (Å²) in [6, 6.07) is 7.63. The van der Waals surface area contributed by atoms with Gasteiger partial charge in [-0.1, -0.05) is 12.1 Å². The zero-order valence-electron chi connectivity index (χ0n) is 15.2. The highest BCUT2D eigenvalue weighted by molar-refractivity contribution is 8.14. The Bertz CT molecular complexity index is 1110. The first-order valence-electron chi connectivity index (χ1n) is 9.45. The Balaban J connectivity index is 1.66. The van der Waals surface area contributed by atoms with Crippen LogP contribution in [0.5, 0.6) is 0 Å². The van der Waals surface area contributed by atoms with Crippen LogP contribution >= 0.6 is 11.8 Å². The van der Waals surface area contributed by atoms with Crippen LogP contribution in [0.15, 0.2) is 29.3 Å². The molecule has 1 fully saturated rings. The molecular formula is C19H21N3O4S2. The predicted molar refractivity (Wildman–Crippen MR) is 111 cm³/mol. The van der Waals surface area contributed by atoms with Crippen LogP contribution in [0, 0.1) is 0 Å². The van der Waals surface area contributed by atoms with Gasteiger partial charge in [0.1, 0.15) is 10.9 Å². The molecule has 2 N–H and O–H groups in total. The Labute approximate surface area is 167 Å². The molecule has 0 spiro atoms. The molecule has 2 aromatic rings. The van der Waals surface area contributed by atoms with Crippen molar-refractivity contribution in [1.29, 1.82) is 0 Å². The average Bonchev–Trinajstić information content (AvgIpc) is 3.33. The normalized spacial score (nSPS) is 28.3. The summed E-state index contributed by atoms with van der Waals surface area (Å²) >= 11 is 1.50. The van der Waals surface area contributed by atoms with Gasteiger partial charge in [-0.05, 0) is 31.4 Å². The topological polar surface area (TPSA) is 101 Å². The molecule has 3 aliphatic rings. The van der Waals surface area contributed by atoms with E-state index in [2.05, 4.69) is 10.3 Å². The van der Waals surface area contributed by atoms with Crippen molar-refractivity contribution in [3.63, 3.8) is 0 Å². The van der Waals surface area contributed by atoms with Crippen molar-refractivity contribution in [2.75, 3.05) is 11.1 Å². The first-order chi connectivity index (χ1) is 13.4. The molecular weight excluding hydrogens is 398 g/mol. The highest BCUT2D eigenvalue weighted by Crippen LogP contribution is 2.38. The maximum Gasteiger partial charge on any atom is 0.305 e. The lowest BCUT2D eigenvalue weighted by atomic mass is 10.2. The molecule has 3 unspecified atom stereocenters. The Hall–Kier alpha value is -2.00. The molecule has 28 heavy (non-hydrogen) atoms. The van der Waals surface area contributed by atoms with Crippen LogP contribution in [0.25, 0.3) is 10.9 Å². The van der Waals surface area contributed by atoms with Gasteiger partial charge in [-0.2, -0.15) is 0 Å². The Kier molecular flexibility index (Phi) is 4.20. The number of hydrogen-bond acceptors (Lipinski definition) is 6. The molecule has 7 nitrogen and oxygen atoms in total. The van der Waals surface area contributed by atoms with Crippen LogP contribution in [0.3, 0.4) is 0 Å². The number of benzene rings is 1. The van der Waals surface area contributed by atoms with E-state index in [0.717, 1.165) is 40.2 Å². The van der Waals surface area contributed by atoms with Gasteiger partial charge < -0.3 is 15.0 Å². The quantitative estimate of drug-likeness (QED) is 0.793. The maximum atomic E-state index is 13.2. The molecule has 1 saturated carbocycles. The Morgan fingerprint density at radius 1 is 1.36 bits per heavy atom. The second kappa shape index (κ2) is 6.52. The van der Waals surface area contributed by atoms with Crippen molar-refractivity contribution in [2.24, 2.45) is 4.99 Å². The van der Waals surface area contributed by atoms with Crippen molar-refractivity contribution in [3.8, 4) is 0 Å². The van der Waals surface area contributed by atoms with Gasteiger partial charge in [0.2, 0.25) is 0 Å². The minimum absolute atomic E-state index is 0.00835. The van der Waals surface area contributed by atoms with Crippen LogP contribution in [0.4, 0.5) is 5.69 Å². The average molecular weight is 420 g/mol. The van der Waals surface area contributed by atoms with E-state index in [-0.39, 0.29) is 29.6 Å². The summed E-state index contributed by atoms with van der Waals surface area (Å²) in [5.74, 6) is -0.326. The zero-order valence-corrected chi connectivity index (χ0v) is 16.8. The molecule has 9 heteroatoms. The first kappa shape index (κ1) is 18.1. The van der Waals surface area contributed by atoms with Crippen LogP contribution in [-0.4, -0.2) is 52.2 Å². The zero-order chi connectivity index (χ0) is 19.5. The summed E-state index contributed by atoms with van der Waals surface area (Å²) < 4.78 is 28.2. The smallest absolute Gasteiger partial charge is 0.305 e. The second-order valence-electron chi connectivity index (χ2n) is 7.71. The number of aromatic nitrogens is 1. The molecule has 0 bridgehead atoms. The van der Waals surface area contributed by atoms with Crippen molar-refractivity contribution in [1.82, 2.24) is 4.57 Å². The number of rotatable bonds is 3. The van der Waals surface area contributed by atoms with Crippen molar-refractivity contribution < 1.29 is 18.3 Å². The number of carboxylic acids is 1. The summed E-state index contributed by atoms with van der Waals surface area (Å²) in [7, 11) is -3.32. The number of anilines is 1. The number of carboxylic acid groups (broad SMARTS) is 1. The summed E-state index contributed by atoms with van der Waals surface area (Å²) in [6.45, 7) is 0. The van der Waals surface area contributed by atoms with E-state index < -0.39 is 15.8 Å². The van der Waals surface area contributed by atoms with Gasteiger partial charge in [-0.25, -0.2) is 8.42 Å². The lowest BCUT2D eigenvalue weighted by Crippen LogP contribution is -2.38. The number of thioether (sulfide) groups is 1. The van der Waals surface area contributed by atoms with Gasteiger partial charge in [-0.15, -0.1) is 11.8 Å². The maximum absolute atomic E-state index is 13.2. The number of fused-ring (bicyclic) bond motifs is 1. The summed E-state index contributed by atoms with van der Waals surface area (Å²) in [5, 5.41) is 13.9. The molecule has 0 saturated heterocycles. The minimum Gasteiger partial charge on any atom is -0.481 e. The number of aliphatic carboxylic acids is 1.